The molecule has 0 bridgehead atoms. The summed E-state index contributed by atoms with van der Waals surface area (Å²) in [5.41, 5.74) is 3.87. The summed E-state index contributed by atoms with van der Waals surface area (Å²) < 4.78 is 20.0. The molecule has 3 nitrogen and oxygen atoms in total. The van der Waals surface area contributed by atoms with Crippen molar-refractivity contribution in [3.05, 3.63) is 65.7 Å². The first-order chi connectivity index (χ1) is 17.0. The molecule has 2 aliphatic rings. The van der Waals surface area contributed by atoms with Gasteiger partial charge in [0, 0.05) is 11.5 Å². The second kappa shape index (κ2) is 9.64. The van der Waals surface area contributed by atoms with E-state index in [1.165, 1.54) is 16.7 Å². The molecule has 4 rings (SSSR count). The lowest BCUT2D eigenvalue weighted by Gasteiger charge is -2.44. The van der Waals surface area contributed by atoms with Crippen LogP contribution >= 0.6 is 0 Å². The van der Waals surface area contributed by atoms with Crippen LogP contribution in [0.15, 0.2) is 54.6 Å². The molecule has 37 heavy (non-hydrogen) atoms. The summed E-state index contributed by atoms with van der Waals surface area (Å²) in [7, 11) is -3.79. The van der Waals surface area contributed by atoms with E-state index in [1.807, 2.05) is 0 Å². The Morgan fingerprint density at radius 3 is 1.92 bits per heavy atom. The molecule has 1 heterocycles. The van der Waals surface area contributed by atoms with Gasteiger partial charge >= 0.3 is 0 Å². The van der Waals surface area contributed by atoms with Crippen molar-refractivity contribution in [2.45, 2.75) is 109 Å². The number of allylic oxidation sites excluding steroid dienone is 1. The van der Waals surface area contributed by atoms with Crippen LogP contribution < -0.4 is 13.6 Å². The smallest absolute Gasteiger partial charge is 0.250 e. The van der Waals surface area contributed by atoms with Crippen molar-refractivity contribution >= 4 is 16.6 Å². The standard InChI is InChI=1S/C32H48O3Si2/c1-22-12-18-26-27(20-22)28-21-25(35-37(10,11)32(5,6)7)17-19-29(28)33-30(26)23-13-15-24(16-14-23)34-36(8,9)31(2,3)4/h13-17,19,21,26-27,30H,1,12,18,20H2,2-11H3/t26-,27+,30-/m1/s1. The van der Waals surface area contributed by atoms with Crippen LogP contribution in [0.4, 0.5) is 0 Å². The molecule has 0 saturated heterocycles. The Kier molecular flexibility index (Phi) is 7.30. The van der Waals surface area contributed by atoms with E-state index in [0.717, 1.165) is 36.5 Å². The van der Waals surface area contributed by atoms with Crippen molar-refractivity contribution in [2.75, 3.05) is 0 Å². The molecule has 3 atom stereocenters. The van der Waals surface area contributed by atoms with Crippen LogP contribution in [0.1, 0.15) is 84.0 Å². The average molecular weight is 537 g/mol. The molecule has 1 aliphatic heterocycles. The van der Waals surface area contributed by atoms with Gasteiger partial charge in [0.1, 0.15) is 23.4 Å². The molecule has 0 amide bonds. The maximum Gasteiger partial charge on any atom is 0.250 e. The zero-order valence-electron chi connectivity index (χ0n) is 24.8. The van der Waals surface area contributed by atoms with Gasteiger partial charge in [-0.3, -0.25) is 0 Å². The van der Waals surface area contributed by atoms with Crippen molar-refractivity contribution in [3.63, 3.8) is 0 Å². The van der Waals surface area contributed by atoms with E-state index in [2.05, 4.69) is 117 Å². The fourth-order valence-electron chi connectivity index (χ4n) is 4.99. The number of hydrogen-bond donors (Lipinski definition) is 0. The lowest BCUT2D eigenvalue weighted by atomic mass is 9.68. The quantitative estimate of drug-likeness (QED) is 0.281. The molecule has 0 N–H and O–H groups in total. The molecule has 0 aromatic heterocycles. The Balaban J connectivity index is 1.62. The first kappa shape index (κ1) is 28.0. The van der Waals surface area contributed by atoms with Gasteiger partial charge in [-0.2, -0.15) is 0 Å². The van der Waals surface area contributed by atoms with E-state index in [9.17, 15) is 0 Å². The number of fused-ring (bicyclic) bond motifs is 3. The third-order valence-electron chi connectivity index (χ3n) is 9.45. The van der Waals surface area contributed by atoms with Gasteiger partial charge < -0.3 is 13.6 Å². The van der Waals surface area contributed by atoms with Gasteiger partial charge in [0.25, 0.3) is 0 Å². The van der Waals surface area contributed by atoms with Crippen LogP contribution in [0.25, 0.3) is 0 Å². The van der Waals surface area contributed by atoms with Gasteiger partial charge in [-0.15, -0.1) is 0 Å². The Hall–Kier alpha value is -1.99. The van der Waals surface area contributed by atoms with Gasteiger partial charge in [0.2, 0.25) is 16.6 Å². The monoisotopic (exact) mass is 536 g/mol. The molecular formula is C32H48O3Si2. The molecule has 1 aliphatic carbocycles. The van der Waals surface area contributed by atoms with Crippen molar-refractivity contribution in [2.24, 2.45) is 5.92 Å². The van der Waals surface area contributed by atoms with Crippen molar-refractivity contribution in [3.8, 4) is 17.2 Å². The summed E-state index contributed by atoms with van der Waals surface area (Å²) >= 11 is 0. The second-order valence-electron chi connectivity index (χ2n) is 14.3. The summed E-state index contributed by atoms with van der Waals surface area (Å²) in [6.07, 6.45) is 3.24. The van der Waals surface area contributed by atoms with Crippen LogP contribution in [0.5, 0.6) is 17.2 Å². The molecule has 1 fully saturated rings. The third-order valence-corrected chi connectivity index (χ3v) is 18.2. The zero-order chi connectivity index (χ0) is 27.4. The summed E-state index contributed by atoms with van der Waals surface area (Å²) in [6, 6.07) is 15.2. The molecule has 2 aromatic carbocycles. The second-order valence-corrected chi connectivity index (χ2v) is 23.7. The molecule has 2 aromatic rings. The van der Waals surface area contributed by atoms with Crippen molar-refractivity contribution in [1.82, 2.24) is 0 Å². The SMILES string of the molecule is C=C1CC[C@@H]2[C@H](C1)c1cc(O[Si](C)(C)C(C)(C)C)ccc1O[C@@H]2c1ccc(O[Si](C)(C)C(C)(C)C)cc1. The third kappa shape index (κ3) is 5.73. The molecule has 1 saturated carbocycles. The predicted octanol–water partition coefficient (Wildman–Crippen LogP) is 10.0. The minimum Gasteiger partial charge on any atom is -0.544 e. The number of hydrogen-bond acceptors (Lipinski definition) is 3. The van der Waals surface area contributed by atoms with Crippen molar-refractivity contribution < 1.29 is 13.6 Å². The van der Waals surface area contributed by atoms with Crippen LogP contribution in [0.2, 0.25) is 36.3 Å². The van der Waals surface area contributed by atoms with Gasteiger partial charge in [-0.25, -0.2) is 0 Å². The van der Waals surface area contributed by atoms with Crippen LogP contribution in [-0.4, -0.2) is 16.6 Å². The summed E-state index contributed by atoms with van der Waals surface area (Å²) in [6.45, 7) is 27.3. The van der Waals surface area contributed by atoms with Crippen LogP contribution in [0.3, 0.4) is 0 Å². The van der Waals surface area contributed by atoms with Gasteiger partial charge in [0.15, 0.2) is 0 Å². The van der Waals surface area contributed by atoms with E-state index < -0.39 is 16.6 Å². The largest absolute Gasteiger partial charge is 0.544 e. The number of benzene rings is 2. The lowest BCUT2D eigenvalue weighted by Crippen LogP contribution is -2.44. The normalized spacial score (nSPS) is 22.5. The Bertz CT molecular complexity index is 1140. The fourth-order valence-corrected chi connectivity index (χ4v) is 7.04. The summed E-state index contributed by atoms with van der Waals surface area (Å²) in [5, 5.41) is 0.333. The minimum absolute atomic E-state index is 0.0414. The highest BCUT2D eigenvalue weighted by Gasteiger charge is 2.43. The van der Waals surface area contributed by atoms with E-state index in [0.29, 0.717) is 11.8 Å². The van der Waals surface area contributed by atoms with Gasteiger partial charge in [-0.05, 0) is 97.3 Å². The first-order valence-corrected chi connectivity index (χ1v) is 19.8. The Morgan fingerprint density at radius 1 is 0.811 bits per heavy atom. The van der Waals surface area contributed by atoms with E-state index >= 15 is 0 Å². The van der Waals surface area contributed by atoms with Crippen LogP contribution in [-0.2, 0) is 0 Å². The predicted molar refractivity (Wildman–Crippen MR) is 161 cm³/mol. The summed E-state index contributed by atoms with van der Waals surface area (Å²) in [5.74, 6) is 3.77. The molecule has 202 valence electrons. The Morgan fingerprint density at radius 2 is 1.35 bits per heavy atom. The highest BCUT2D eigenvalue weighted by molar-refractivity contribution is 6.75. The van der Waals surface area contributed by atoms with Crippen molar-refractivity contribution in [1.29, 1.82) is 0 Å². The molecule has 0 radical (unpaired) electrons. The average Bonchev–Trinajstić information content (AvgIpc) is 2.77. The number of rotatable bonds is 5. The highest BCUT2D eigenvalue weighted by Crippen LogP contribution is 2.54. The zero-order valence-corrected chi connectivity index (χ0v) is 26.8. The topological polar surface area (TPSA) is 27.7 Å². The Labute approximate surface area is 227 Å². The van der Waals surface area contributed by atoms with E-state index in [1.54, 1.807) is 0 Å². The fraction of sp³-hybridized carbons (Fsp3) is 0.562. The number of ether oxygens (including phenoxy) is 1. The molecule has 0 unspecified atom stereocenters. The van der Waals surface area contributed by atoms with Gasteiger partial charge in [-0.1, -0.05) is 65.8 Å². The van der Waals surface area contributed by atoms with E-state index in [4.69, 9.17) is 13.6 Å². The highest BCUT2D eigenvalue weighted by atomic mass is 28.4. The lowest BCUT2D eigenvalue weighted by molar-refractivity contribution is 0.0772. The minimum atomic E-state index is -1.92. The maximum atomic E-state index is 6.76. The van der Waals surface area contributed by atoms with E-state index in [-0.39, 0.29) is 16.2 Å². The van der Waals surface area contributed by atoms with Crippen LogP contribution in [0, 0.1) is 5.92 Å². The molecule has 0 spiro atoms. The molecular weight excluding hydrogens is 489 g/mol. The molecule has 5 heteroatoms. The first-order valence-electron chi connectivity index (χ1n) is 13.9. The van der Waals surface area contributed by atoms with Gasteiger partial charge in [0.05, 0.1) is 0 Å². The maximum absolute atomic E-state index is 6.76. The summed E-state index contributed by atoms with van der Waals surface area (Å²) in [4.78, 5) is 0.